The van der Waals surface area contributed by atoms with E-state index in [1.807, 2.05) is 0 Å². The van der Waals surface area contributed by atoms with Gasteiger partial charge in [0.05, 0.1) is 12.0 Å². The molecule has 0 spiro atoms. The van der Waals surface area contributed by atoms with Gasteiger partial charge in [-0.15, -0.1) is 0 Å². The van der Waals surface area contributed by atoms with Crippen molar-refractivity contribution in [2.45, 2.75) is 45.7 Å². The van der Waals surface area contributed by atoms with Gasteiger partial charge in [-0.25, -0.2) is 0 Å². The predicted molar refractivity (Wildman–Crippen MR) is 77.9 cm³/mol. The quantitative estimate of drug-likeness (QED) is 0.663. The Hall–Kier alpha value is -1.62. The van der Waals surface area contributed by atoms with Crippen molar-refractivity contribution in [3.63, 3.8) is 0 Å². The standard InChI is InChI=1S/C15H22N2O3/c1-15(2)7-6-12(9-15)16-10-11-8-13(17(18)19)4-5-14(11)20-3/h4-5,8,12,16H,6-7,9-10H2,1-3H3. The number of nitrogens with one attached hydrogen (secondary N) is 1. The van der Waals surface area contributed by atoms with Gasteiger partial charge in [0.15, 0.2) is 0 Å². The summed E-state index contributed by atoms with van der Waals surface area (Å²) in [6.07, 6.45) is 3.52. The summed E-state index contributed by atoms with van der Waals surface area (Å²) in [5.74, 6) is 0.695. The molecular formula is C15H22N2O3. The van der Waals surface area contributed by atoms with Crippen LogP contribution in [-0.4, -0.2) is 18.1 Å². The third kappa shape index (κ3) is 3.48. The molecule has 1 saturated carbocycles. The van der Waals surface area contributed by atoms with Crippen molar-refractivity contribution < 1.29 is 9.66 Å². The number of benzene rings is 1. The number of nitro groups is 1. The molecule has 110 valence electrons. The van der Waals surface area contributed by atoms with Gasteiger partial charge >= 0.3 is 0 Å². The van der Waals surface area contributed by atoms with Crippen molar-refractivity contribution in [1.82, 2.24) is 5.32 Å². The van der Waals surface area contributed by atoms with Crippen LogP contribution in [0.1, 0.15) is 38.7 Å². The zero-order chi connectivity index (χ0) is 14.8. The van der Waals surface area contributed by atoms with Crippen LogP contribution < -0.4 is 10.1 Å². The summed E-state index contributed by atoms with van der Waals surface area (Å²) in [4.78, 5) is 10.5. The minimum Gasteiger partial charge on any atom is -0.496 e. The van der Waals surface area contributed by atoms with Gasteiger partial charge in [0.1, 0.15) is 5.75 Å². The average molecular weight is 278 g/mol. The molecule has 1 aromatic carbocycles. The lowest BCUT2D eigenvalue weighted by Gasteiger charge is -2.18. The number of hydrogen-bond donors (Lipinski definition) is 1. The normalized spacial score (nSPS) is 20.9. The van der Waals surface area contributed by atoms with Gasteiger partial charge in [-0.05, 0) is 30.7 Å². The molecule has 0 amide bonds. The summed E-state index contributed by atoms with van der Waals surface area (Å²) < 4.78 is 5.27. The van der Waals surface area contributed by atoms with Crippen LogP contribution in [0.3, 0.4) is 0 Å². The first-order chi connectivity index (χ1) is 9.41. The fourth-order valence-electron chi connectivity index (χ4n) is 2.88. The Morgan fingerprint density at radius 1 is 1.50 bits per heavy atom. The van der Waals surface area contributed by atoms with E-state index >= 15 is 0 Å². The lowest BCUT2D eigenvalue weighted by molar-refractivity contribution is -0.384. The number of ether oxygens (including phenoxy) is 1. The van der Waals surface area contributed by atoms with Crippen molar-refractivity contribution in [2.24, 2.45) is 5.41 Å². The summed E-state index contributed by atoms with van der Waals surface area (Å²) >= 11 is 0. The highest BCUT2D eigenvalue weighted by Crippen LogP contribution is 2.37. The minimum absolute atomic E-state index is 0.106. The maximum atomic E-state index is 10.8. The molecule has 20 heavy (non-hydrogen) atoms. The first kappa shape index (κ1) is 14.8. The van der Waals surface area contributed by atoms with Gasteiger partial charge in [-0.3, -0.25) is 10.1 Å². The summed E-state index contributed by atoms with van der Waals surface area (Å²) in [7, 11) is 1.59. The second-order valence-electron chi connectivity index (χ2n) is 6.24. The summed E-state index contributed by atoms with van der Waals surface area (Å²) in [6.45, 7) is 5.16. The van der Waals surface area contributed by atoms with Gasteiger partial charge in [0.25, 0.3) is 5.69 Å². The van der Waals surface area contributed by atoms with Crippen LogP contribution in [0.4, 0.5) is 5.69 Å². The average Bonchev–Trinajstić information content (AvgIpc) is 2.75. The van der Waals surface area contributed by atoms with Gasteiger partial charge < -0.3 is 10.1 Å². The molecular weight excluding hydrogens is 256 g/mol. The first-order valence-corrected chi connectivity index (χ1v) is 6.96. The zero-order valence-corrected chi connectivity index (χ0v) is 12.3. The Morgan fingerprint density at radius 2 is 2.25 bits per heavy atom. The third-order valence-electron chi connectivity index (χ3n) is 4.02. The highest BCUT2D eigenvalue weighted by Gasteiger charge is 2.30. The topological polar surface area (TPSA) is 64.4 Å². The monoisotopic (exact) mass is 278 g/mol. The lowest BCUT2D eigenvalue weighted by Crippen LogP contribution is -2.27. The molecule has 1 aromatic rings. The Balaban J connectivity index is 2.04. The zero-order valence-electron chi connectivity index (χ0n) is 12.3. The van der Waals surface area contributed by atoms with E-state index in [1.54, 1.807) is 19.2 Å². The SMILES string of the molecule is COc1ccc([N+](=O)[O-])cc1CNC1CCC(C)(C)C1. The molecule has 0 bridgehead atoms. The van der Waals surface area contributed by atoms with Gasteiger partial charge in [-0.1, -0.05) is 13.8 Å². The molecule has 0 saturated heterocycles. The van der Waals surface area contributed by atoms with E-state index in [9.17, 15) is 10.1 Å². The number of nitro benzene ring substituents is 1. The van der Waals surface area contributed by atoms with E-state index < -0.39 is 0 Å². The highest BCUT2D eigenvalue weighted by atomic mass is 16.6. The van der Waals surface area contributed by atoms with Crippen LogP contribution in [0.15, 0.2) is 18.2 Å². The van der Waals surface area contributed by atoms with Crippen LogP contribution in [0, 0.1) is 15.5 Å². The van der Waals surface area contributed by atoms with Crippen LogP contribution in [0.25, 0.3) is 0 Å². The fourth-order valence-corrected chi connectivity index (χ4v) is 2.88. The smallest absolute Gasteiger partial charge is 0.270 e. The highest BCUT2D eigenvalue weighted by molar-refractivity contribution is 5.43. The fraction of sp³-hybridized carbons (Fsp3) is 0.600. The number of rotatable bonds is 5. The third-order valence-corrected chi connectivity index (χ3v) is 4.02. The first-order valence-electron chi connectivity index (χ1n) is 6.96. The van der Waals surface area contributed by atoms with Crippen molar-refractivity contribution in [3.8, 4) is 5.75 Å². The van der Waals surface area contributed by atoms with Crippen molar-refractivity contribution in [1.29, 1.82) is 0 Å². The van der Waals surface area contributed by atoms with Crippen molar-refractivity contribution in [3.05, 3.63) is 33.9 Å². The number of hydrogen-bond acceptors (Lipinski definition) is 4. The molecule has 0 heterocycles. The lowest BCUT2D eigenvalue weighted by atomic mass is 9.92. The maximum Gasteiger partial charge on any atom is 0.270 e. The molecule has 0 radical (unpaired) electrons. The molecule has 2 rings (SSSR count). The molecule has 0 aromatic heterocycles. The molecule has 1 N–H and O–H groups in total. The van der Waals surface area contributed by atoms with Crippen molar-refractivity contribution >= 4 is 5.69 Å². The van der Waals surface area contributed by atoms with E-state index in [-0.39, 0.29) is 10.6 Å². The number of non-ortho nitro benzene ring substituents is 1. The van der Waals surface area contributed by atoms with Crippen LogP contribution in [-0.2, 0) is 6.54 Å². The summed E-state index contributed by atoms with van der Waals surface area (Å²) in [6, 6.07) is 5.20. The van der Waals surface area contributed by atoms with Crippen molar-refractivity contribution in [2.75, 3.05) is 7.11 Å². The predicted octanol–water partition coefficient (Wildman–Crippen LogP) is 3.27. The van der Waals surface area contributed by atoms with E-state index in [4.69, 9.17) is 4.74 Å². The number of methoxy groups -OCH3 is 1. The Kier molecular flexibility index (Phi) is 4.28. The van der Waals surface area contributed by atoms with E-state index in [2.05, 4.69) is 19.2 Å². The van der Waals surface area contributed by atoms with Crippen LogP contribution in [0.2, 0.25) is 0 Å². The Morgan fingerprint density at radius 3 is 2.80 bits per heavy atom. The second kappa shape index (κ2) is 5.79. The molecule has 1 aliphatic rings. The molecule has 1 unspecified atom stereocenters. The molecule has 0 aliphatic heterocycles. The van der Waals surface area contributed by atoms with Crippen LogP contribution >= 0.6 is 0 Å². The summed E-state index contributed by atoms with van der Waals surface area (Å²) in [5.41, 5.74) is 1.34. The molecule has 1 atom stereocenters. The van der Waals surface area contributed by atoms with E-state index in [0.717, 1.165) is 18.4 Å². The maximum absolute atomic E-state index is 10.8. The molecule has 5 heteroatoms. The van der Waals surface area contributed by atoms with E-state index in [0.29, 0.717) is 23.8 Å². The summed E-state index contributed by atoms with van der Waals surface area (Å²) in [5, 5.41) is 14.3. The molecule has 1 aliphatic carbocycles. The molecule has 5 nitrogen and oxygen atoms in total. The second-order valence-corrected chi connectivity index (χ2v) is 6.24. The van der Waals surface area contributed by atoms with Gasteiger partial charge in [-0.2, -0.15) is 0 Å². The van der Waals surface area contributed by atoms with E-state index in [1.165, 1.54) is 12.5 Å². The molecule has 1 fully saturated rings. The minimum atomic E-state index is -0.373. The van der Waals surface area contributed by atoms with Crippen LogP contribution in [0.5, 0.6) is 5.75 Å². The van der Waals surface area contributed by atoms with Gasteiger partial charge in [0.2, 0.25) is 0 Å². The largest absolute Gasteiger partial charge is 0.496 e. The Labute approximate surface area is 119 Å². The number of nitrogens with zero attached hydrogens (tertiary/aromatic N) is 1. The van der Waals surface area contributed by atoms with Gasteiger partial charge in [0, 0.05) is 30.3 Å². The Bertz CT molecular complexity index is 500.